The monoisotopic (exact) mass is 542 g/mol. The van der Waals surface area contributed by atoms with E-state index in [4.69, 9.17) is 11.6 Å². The van der Waals surface area contributed by atoms with Gasteiger partial charge in [0.25, 0.3) is 0 Å². The molecule has 196 valence electrons. The number of carbonyl (C=O) groups is 1. The van der Waals surface area contributed by atoms with Crippen LogP contribution in [-0.4, -0.2) is 48.4 Å². The van der Waals surface area contributed by atoms with Crippen LogP contribution in [0.2, 0.25) is 5.02 Å². The van der Waals surface area contributed by atoms with Crippen LogP contribution in [0.3, 0.4) is 0 Å². The molecule has 3 heterocycles. The molecule has 2 aromatic carbocycles. The Morgan fingerprint density at radius 2 is 2.03 bits per heavy atom. The highest BCUT2D eigenvalue weighted by atomic mass is 35.5. The van der Waals surface area contributed by atoms with Crippen LogP contribution >= 0.6 is 11.6 Å². The number of rotatable bonds is 5. The molecule has 0 spiro atoms. The van der Waals surface area contributed by atoms with Gasteiger partial charge in [0, 0.05) is 34.4 Å². The number of aromatic nitrogens is 7. The lowest BCUT2D eigenvalue weighted by atomic mass is 9.85. The van der Waals surface area contributed by atoms with Crippen LogP contribution < -0.4 is 9.63 Å². The van der Waals surface area contributed by atoms with Gasteiger partial charge in [-0.05, 0) is 71.7 Å². The number of halogens is 1. The number of amides is 1. The molecule has 5 aromatic rings. The normalized spacial score (nSPS) is 14.7. The van der Waals surface area contributed by atoms with Crippen LogP contribution in [0, 0.1) is 5.21 Å². The van der Waals surface area contributed by atoms with Crippen molar-refractivity contribution < 1.29 is 14.6 Å². The van der Waals surface area contributed by atoms with Crippen LogP contribution in [0.15, 0.2) is 67.3 Å². The largest absolute Gasteiger partial charge is 0.618 e. The highest BCUT2D eigenvalue weighted by Gasteiger charge is 2.32. The lowest BCUT2D eigenvalue weighted by molar-refractivity contribution is -0.615. The summed E-state index contributed by atoms with van der Waals surface area (Å²) in [6.07, 6.45) is 6.25. The van der Waals surface area contributed by atoms with E-state index in [1.807, 2.05) is 24.3 Å². The maximum Gasteiger partial charge on any atom is 0.411 e. The van der Waals surface area contributed by atoms with Crippen molar-refractivity contribution in [1.29, 1.82) is 0 Å². The van der Waals surface area contributed by atoms with E-state index in [0.717, 1.165) is 56.8 Å². The minimum atomic E-state index is -1.03. The number of H-pyrrole nitrogens is 1. The van der Waals surface area contributed by atoms with Gasteiger partial charge in [-0.25, -0.2) is 9.78 Å². The number of hydrogen-bond acceptors (Lipinski definition) is 6. The van der Waals surface area contributed by atoms with Gasteiger partial charge in [0.2, 0.25) is 5.69 Å². The first kappa shape index (κ1) is 24.6. The van der Waals surface area contributed by atoms with Gasteiger partial charge in [-0.15, -0.1) is 5.10 Å². The smallest absolute Gasteiger partial charge is 0.411 e. The molecule has 0 radical (unpaired) electrons. The number of hydrogen-bond donors (Lipinski definition) is 2. The van der Waals surface area contributed by atoms with E-state index in [9.17, 15) is 15.1 Å². The zero-order valence-electron chi connectivity index (χ0n) is 20.8. The maximum absolute atomic E-state index is 13.5. The summed E-state index contributed by atoms with van der Waals surface area (Å²) in [6.45, 7) is 0. The van der Waals surface area contributed by atoms with Gasteiger partial charge in [0.1, 0.15) is 18.1 Å². The third-order valence-corrected chi connectivity index (χ3v) is 7.30. The number of carboxylic acid groups (broad SMARTS) is 1. The summed E-state index contributed by atoms with van der Waals surface area (Å²) in [7, 11) is 1.49. The second kappa shape index (κ2) is 9.84. The Balaban J connectivity index is 1.34. The molecule has 1 aliphatic carbocycles. The molecule has 0 saturated carbocycles. The molecule has 39 heavy (non-hydrogen) atoms. The molecule has 2 N–H and O–H groups in total. The number of tetrazole rings is 1. The quantitative estimate of drug-likeness (QED) is 0.244. The van der Waals surface area contributed by atoms with Crippen molar-refractivity contribution in [2.45, 2.75) is 25.2 Å². The second-order valence-electron chi connectivity index (χ2n) is 9.40. The number of aryl methyl sites for hydroxylation is 1. The number of pyridine rings is 1. The second-order valence-corrected chi connectivity index (χ2v) is 9.83. The van der Waals surface area contributed by atoms with Gasteiger partial charge in [-0.3, -0.25) is 4.90 Å². The molecule has 0 fully saturated rings. The van der Waals surface area contributed by atoms with E-state index in [1.54, 1.807) is 41.3 Å². The fraction of sp³-hybridized carbons (Fsp3) is 0.185. The fourth-order valence-corrected chi connectivity index (χ4v) is 5.28. The molecule has 1 amide bonds. The first-order valence-corrected chi connectivity index (χ1v) is 12.7. The third-order valence-electron chi connectivity index (χ3n) is 7.07. The van der Waals surface area contributed by atoms with Gasteiger partial charge in [0.05, 0.1) is 17.6 Å². The number of benzene rings is 2. The molecule has 12 heteroatoms. The third kappa shape index (κ3) is 4.57. The van der Waals surface area contributed by atoms with Crippen LogP contribution in [0.25, 0.3) is 28.1 Å². The molecule has 11 nitrogen and oxygen atoms in total. The van der Waals surface area contributed by atoms with E-state index in [0.29, 0.717) is 27.9 Å². The molecular weight excluding hydrogens is 520 g/mol. The van der Waals surface area contributed by atoms with E-state index in [-0.39, 0.29) is 5.92 Å². The molecule has 3 aromatic heterocycles. The molecule has 6 rings (SSSR count). The summed E-state index contributed by atoms with van der Waals surface area (Å²) in [5.41, 5.74) is 6.06. The SMILES string of the molecule is CN(C(=O)O)c1ccc(-c2cnc(C3CCCc4cc(-c5cc(Cl)ccc5-n5cnnn5)c[n+]([O-])c43)[nH]2)cc1. The van der Waals surface area contributed by atoms with Crippen molar-refractivity contribution in [3.63, 3.8) is 0 Å². The molecule has 1 unspecified atom stereocenters. The lowest BCUT2D eigenvalue weighted by Crippen LogP contribution is -2.37. The summed E-state index contributed by atoms with van der Waals surface area (Å²) in [5.74, 6) is 0.525. The van der Waals surface area contributed by atoms with Gasteiger partial charge in [-0.2, -0.15) is 9.41 Å². The molecule has 0 saturated heterocycles. The fourth-order valence-electron chi connectivity index (χ4n) is 5.11. The van der Waals surface area contributed by atoms with Crippen molar-refractivity contribution in [2.24, 2.45) is 0 Å². The lowest BCUT2D eigenvalue weighted by Gasteiger charge is -2.23. The Morgan fingerprint density at radius 3 is 2.77 bits per heavy atom. The first-order valence-electron chi connectivity index (χ1n) is 12.3. The van der Waals surface area contributed by atoms with Crippen molar-refractivity contribution in [2.75, 3.05) is 11.9 Å². The van der Waals surface area contributed by atoms with Crippen molar-refractivity contribution in [3.05, 3.63) is 94.6 Å². The zero-order valence-corrected chi connectivity index (χ0v) is 21.6. The predicted octanol–water partition coefficient (Wildman–Crippen LogP) is 4.59. The Hall–Kier alpha value is -4.77. The number of aromatic amines is 1. The van der Waals surface area contributed by atoms with Crippen LogP contribution in [0.1, 0.15) is 35.8 Å². The van der Waals surface area contributed by atoms with E-state index in [2.05, 4.69) is 25.5 Å². The van der Waals surface area contributed by atoms with Gasteiger partial charge >= 0.3 is 6.09 Å². The predicted molar refractivity (Wildman–Crippen MR) is 144 cm³/mol. The summed E-state index contributed by atoms with van der Waals surface area (Å²) in [5, 5.41) is 34.7. The van der Waals surface area contributed by atoms with Crippen LogP contribution in [0.4, 0.5) is 10.5 Å². The Morgan fingerprint density at radius 1 is 1.21 bits per heavy atom. The van der Waals surface area contributed by atoms with Crippen molar-refractivity contribution in [3.8, 4) is 28.1 Å². The number of nitrogens with zero attached hydrogens (tertiary/aromatic N) is 7. The topological polar surface area (TPSA) is 140 Å². The maximum atomic E-state index is 13.5. The summed E-state index contributed by atoms with van der Waals surface area (Å²) >= 11 is 6.32. The molecule has 0 bridgehead atoms. The minimum absolute atomic E-state index is 0.190. The zero-order chi connectivity index (χ0) is 27.1. The van der Waals surface area contributed by atoms with Crippen LogP contribution in [0.5, 0.6) is 0 Å². The van der Waals surface area contributed by atoms with Gasteiger partial charge in [-0.1, -0.05) is 23.7 Å². The van der Waals surface area contributed by atoms with E-state index >= 15 is 0 Å². The number of nitrogens with one attached hydrogen (secondary N) is 1. The summed E-state index contributed by atoms with van der Waals surface area (Å²) in [4.78, 5) is 20.4. The van der Waals surface area contributed by atoms with Gasteiger partial charge in [0.15, 0.2) is 6.20 Å². The highest BCUT2D eigenvalue weighted by molar-refractivity contribution is 6.31. The minimum Gasteiger partial charge on any atom is -0.618 e. The average Bonchev–Trinajstić information content (AvgIpc) is 3.65. The molecule has 0 aliphatic heterocycles. The molecule has 1 aliphatic rings. The molecule has 1 atom stereocenters. The number of anilines is 1. The van der Waals surface area contributed by atoms with Crippen LogP contribution in [-0.2, 0) is 6.42 Å². The number of imidazole rings is 1. The Kier molecular flexibility index (Phi) is 6.20. The average molecular weight is 543 g/mol. The highest BCUT2D eigenvalue weighted by Crippen LogP contribution is 2.37. The summed E-state index contributed by atoms with van der Waals surface area (Å²) in [6, 6.07) is 14.6. The molecular formula is C27H23ClN8O3. The van der Waals surface area contributed by atoms with Crippen molar-refractivity contribution in [1.82, 2.24) is 30.2 Å². The van der Waals surface area contributed by atoms with Crippen molar-refractivity contribution >= 4 is 23.4 Å². The summed E-state index contributed by atoms with van der Waals surface area (Å²) < 4.78 is 2.48. The Labute approximate surface area is 227 Å². The van der Waals surface area contributed by atoms with Gasteiger partial charge < -0.3 is 15.3 Å². The van der Waals surface area contributed by atoms with E-state index < -0.39 is 6.09 Å². The number of fused-ring (bicyclic) bond motifs is 1. The van der Waals surface area contributed by atoms with E-state index in [1.165, 1.54) is 13.4 Å². The standard InChI is InChI=1S/C27H23ClN8O3/c1-34(27(37)38)20-8-5-16(6-9-20)23-13-29-26(31-23)21-4-2-3-17-11-18(14-36(39)25(17)21)22-12-19(28)7-10-24(22)35-15-30-32-33-35/h5-15,21H,2-4H2,1H3,(H,29,31)(H,37,38). The first-order chi connectivity index (χ1) is 18.9. The Bertz CT molecular complexity index is 1670.